The zero-order valence-corrected chi connectivity index (χ0v) is 11.9. The Labute approximate surface area is 103 Å². The molecule has 0 aliphatic heterocycles. The van der Waals surface area contributed by atoms with Crippen molar-refractivity contribution in [1.82, 2.24) is 10.3 Å². The van der Waals surface area contributed by atoms with E-state index in [1.165, 1.54) is 23.5 Å². The summed E-state index contributed by atoms with van der Waals surface area (Å²) >= 11 is 1.79. The number of thiazole rings is 1. The lowest BCUT2D eigenvalue weighted by Crippen LogP contribution is -2.27. The number of nitrogens with one attached hydrogen (secondary N) is 1. The van der Waals surface area contributed by atoms with Gasteiger partial charge in [0, 0.05) is 23.3 Å². The van der Waals surface area contributed by atoms with Crippen LogP contribution in [0.3, 0.4) is 0 Å². The molecule has 0 saturated carbocycles. The minimum absolute atomic E-state index is 0.175. The van der Waals surface area contributed by atoms with Crippen molar-refractivity contribution in [1.29, 1.82) is 0 Å². The van der Waals surface area contributed by atoms with Gasteiger partial charge in [0.15, 0.2) is 0 Å². The van der Waals surface area contributed by atoms with Gasteiger partial charge in [-0.25, -0.2) is 4.98 Å². The van der Waals surface area contributed by atoms with Crippen LogP contribution in [0.25, 0.3) is 0 Å². The van der Waals surface area contributed by atoms with Gasteiger partial charge in [-0.15, -0.1) is 11.3 Å². The van der Waals surface area contributed by atoms with Crippen molar-refractivity contribution in [2.45, 2.75) is 58.4 Å². The van der Waals surface area contributed by atoms with Crippen LogP contribution >= 0.6 is 11.3 Å². The van der Waals surface area contributed by atoms with Gasteiger partial charge in [-0.1, -0.05) is 34.1 Å². The first-order valence-corrected chi connectivity index (χ1v) is 6.97. The molecule has 0 amide bonds. The molecule has 92 valence electrons. The van der Waals surface area contributed by atoms with Crippen LogP contribution in [0.15, 0.2) is 5.38 Å². The molecule has 16 heavy (non-hydrogen) atoms. The normalized spacial score (nSPS) is 14.1. The molecule has 1 aromatic heterocycles. The first-order chi connectivity index (χ1) is 7.47. The third-order valence-corrected chi connectivity index (χ3v) is 3.66. The van der Waals surface area contributed by atoms with Crippen LogP contribution in [0.4, 0.5) is 0 Å². The number of likely N-dealkylation sites (N-methyl/N-ethyl adjacent to an activating group) is 1. The highest BCUT2D eigenvalue weighted by atomic mass is 32.1. The van der Waals surface area contributed by atoms with Gasteiger partial charge >= 0.3 is 0 Å². The van der Waals surface area contributed by atoms with E-state index in [4.69, 9.17) is 4.98 Å². The van der Waals surface area contributed by atoms with Crippen molar-refractivity contribution in [2.24, 2.45) is 0 Å². The Morgan fingerprint density at radius 2 is 2.12 bits per heavy atom. The average molecular weight is 240 g/mol. The maximum absolute atomic E-state index is 4.73. The predicted octanol–water partition coefficient (Wildman–Crippen LogP) is 3.37. The van der Waals surface area contributed by atoms with E-state index in [0.717, 1.165) is 6.42 Å². The van der Waals surface area contributed by atoms with E-state index in [9.17, 15) is 0 Å². The van der Waals surface area contributed by atoms with Crippen molar-refractivity contribution in [3.63, 3.8) is 0 Å². The average Bonchev–Trinajstić information content (AvgIpc) is 2.65. The topological polar surface area (TPSA) is 24.9 Å². The second-order valence-corrected chi connectivity index (χ2v) is 6.30. The Hall–Kier alpha value is -0.410. The molecule has 1 N–H and O–H groups in total. The smallest absolute Gasteiger partial charge is 0.0944 e. The highest BCUT2D eigenvalue weighted by Gasteiger charge is 2.18. The Balaban J connectivity index is 2.64. The quantitative estimate of drug-likeness (QED) is 0.853. The van der Waals surface area contributed by atoms with E-state index in [1.807, 2.05) is 7.05 Å². The lowest BCUT2D eigenvalue weighted by molar-refractivity contribution is 0.509. The Morgan fingerprint density at radius 1 is 1.44 bits per heavy atom. The highest BCUT2D eigenvalue weighted by Crippen LogP contribution is 2.24. The summed E-state index contributed by atoms with van der Waals surface area (Å²) in [6, 6.07) is 0.573. The lowest BCUT2D eigenvalue weighted by Gasteiger charge is -2.15. The second kappa shape index (κ2) is 5.78. The van der Waals surface area contributed by atoms with Crippen molar-refractivity contribution in [2.75, 3.05) is 7.05 Å². The summed E-state index contributed by atoms with van der Waals surface area (Å²) in [5.74, 6) is 0. The standard InChI is InChI=1S/C13H24N2S/c1-6-7-10(14-5)8-12-15-11(9-16-12)13(2,3)4/h9-10,14H,6-8H2,1-5H3. The number of hydrogen-bond acceptors (Lipinski definition) is 3. The van der Waals surface area contributed by atoms with E-state index in [2.05, 4.69) is 38.4 Å². The molecule has 2 nitrogen and oxygen atoms in total. The van der Waals surface area contributed by atoms with Crippen LogP contribution in [0.2, 0.25) is 0 Å². The lowest BCUT2D eigenvalue weighted by atomic mass is 9.93. The molecule has 1 rings (SSSR count). The molecular formula is C13H24N2S. The Morgan fingerprint density at radius 3 is 2.56 bits per heavy atom. The van der Waals surface area contributed by atoms with Gasteiger partial charge in [0.25, 0.3) is 0 Å². The maximum atomic E-state index is 4.73. The van der Waals surface area contributed by atoms with Gasteiger partial charge in [-0.3, -0.25) is 0 Å². The summed E-state index contributed by atoms with van der Waals surface area (Å²) < 4.78 is 0. The molecule has 0 aliphatic carbocycles. The van der Waals surface area contributed by atoms with Gasteiger partial charge in [0.2, 0.25) is 0 Å². The number of nitrogens with zero attached hydrogens (tertiary/aromatic N) is 1. The van der Waals surface area contributed by atoms with E-state index < -0.39 is 0 Å². The first-order valence-electron chi connectivity index (χ1n) is 6.09. The zero-order chi connectivity index (χ0) is 12.2. The maximum Gasteiger partial charge on any atom is 0.0944 e. The second-order valence-electron chi connectivity index (χ2n) is 5.35. The Bertz CT molecular complexity index is 312. The first kappa shape index (κ1) is 13.7. The summed E-state index contributed by atoms with van der Waals surface area (Å²) in [5, 5.41) is 6.83. The summed E-state index contributed by atoms with van der Waals surface area (Å²) in [5.41, 5.74) is 1.40. The molecule has 0 saturated heterocycles. The van der Waals surface area contributed by atoms with Crippen LogP contribution in [0.1, 0.15) is 51.2 Å². The van der Waals surface area contributed by atoms with Gasteiger partial charge < -0.3 is 5.32 Å². The summed E-state index contributed by atoms with van der Waals surface area (Å²) in [6.07, 6.45) is 3.51. The zero-order valence-electron chi connectivity index (χ0n) is 11.1. The van der Waals surface area contributed by atoms with Crippen molar-refractivity contribution in [3.8, 4) is 0 Å². The molecule has 0 fully saturated rings. The number of hydrogen-bond donors (Lipinski definition) is 1. The van der Waals surface area contributed by atoms with Crippen LogP contribution in [0, 0.1) is 0 Å². The third-order valence-electron chi connectivity index (χ3n) is 2.79. The van der Waals surface area contributed by atoms with Crippen molar-refractivity contribution < 1.29 is 0 Å². The molecule has 0 bridgehead atoms. The monoisotopic (exact) mass is 240 g/mol. The number of rotatable bonds is 5. The highest BCUT2D eigenvalue weighted by molar-refractivity contribution is 7.09. The van der Waals surface area contributed by atoms with Crippen LogP contribution in [0.5, 0.6) is 0 Å². The number of aromatic nitrogens is 1. The minimum Gasteiger partial charge on any atom is -0.317 e. The molecule has 3 heteroatoms. The van der Waals surface area contributed by atoms with Crippen molar-refractivity contribution >= 4 is 11.3 Å². The van der Waals surface area contributed by atoms with E-state index in [1.54, 1.807) is 11.3 Å². The molecule has 1 heterocycles. The van der Waals surface area contributed by atoms with E-state index in [-0.39, 0.29) is 5.41 Å². The molecule has 1 unspecified atom stereocenters. The molecule has 0 aromatic carbocycles. The molecule has 1 atom stereocenters. The van der Waals surface area contributed by atoms with Crippen molar-refractivity contribution in [3.05, 3.63) is 16.1 Å². The predicted molar refractivity (Wildman–Crippen MR) is 72.3 cm³/mol. The largest absolute Gasteiger partial charge is 0.317 e. The molecule has 0 spiro atoms. The molecule has 1 aromatic rings. The fourth-order valence-electron chi connectivity index (χ4n) is 1.66. The van der Waals surface area contributed by atoms with Crippen LogP contribution in [-0.2, 0) is 11.8 Å². The molecule has 0 radical (unpaired) electrons. The molecular weight excluding hydrogens is 216 g/mol. The summed E-state index contributed by atoms with van der Waals surface area (Å²) in [7, 11) is 2.04. The SMILES string of the molecule is CCCC(Cc1nc(C(C)(C)C)cs1)NC. The molecule has 0 aliphatic rings. The fraction of sp³-hybridized carbons (Fsp3) is 0.769. The Kier molecular flexibility index (Phi) is 4.93. The summed E-state index contributed by atoms with van der Waals surface area (Å²) in [4.78, 5) is 4.73. The fourth-order valence-corrected chi connectivity index (χ4v) is 2.76. The van der Waals surface area contributed by atoms with Crippen LogP contribution < -0.4 is 5.32 Å². The van der Waals surface area contributed by atoms with E-state index in [0.29, 0.717) is 6.04 Å². The van der Waals surface area contributed by atoms with Gasteiger partial charge in [-0.05, 0) is 13.5 Å². The van der Waals surface area contributed by atoms with Gasteiger partial charge in [-0.2, -0.15) is 0 Å². The van der Waals surface area contributed by atoms with Gasteiger partial charge in [0.05, 0.1) is 10.7 Å². The minimum atomic E-state index is 0.175. The van der Waals surface area contributed by atoms with Crippen LogP contribution in [-0.4, -0.2) is 18.1 Å². The summed E-state index contributed by atoms with van der Waals surface area (Å²) in [6.45, 7) is 8.88. The van der Waals surface area contributed by atoms with E-state index >= 15 is 0 Å². The third kappa shape index (κ3) is 3.87. The van der Waals surface area contributed by atoms with Gasteiger partial charge in [0.1, 0.15) is 0 Å².